The van der Waals surface area contributed by atoms with Gasteiger partial charge in [-0.05, 0) is 56.8 Å². The average Bonchev–Trinajstić information content (AvgIpc) is 3.47. The molecule has 0 spiro atoms. The molecule has 1 aliphatic rings. The van der Waals surface area contributed by atoms with E-state index in [4.69, 9.17) is 33.1 Å². The molecule has 5 N–H and O–H groups in total. The molecule has 0 bridgehead atoms. The summed E-state index contributed by atoms with van der Waals surface area (Å²) in [5, 5.41) is 22.7. The van der Waals surface area contributed by atoms with Crippen molar-refractivity contribution in [3.63, 3.8) is 0 Å². The molecule has 4 rings (SSSR count). The van der Waals surface area contributed by atoms with Crippen molar-refractivity contribution < 1.29 is 37.5 Å². The maximum Gasteiger partial charge on any atom is 0.490 e. The number of alkyl halides is 3. The maximum atomic E-state index is 13.0. The Morgan fingerprint density at radius 1 is 1.02 bits per heavy atom. The second-order valence-electron chi connectivity index (χ2n) is 10.9. The standard InChI is InChI=1S/C29H33Cl2N7O3.C2HF3O2/c1-37(2)14-4-7-25(39)33-20-10-8-19(9-11-20)18-38-15-12-21(13-16-38)34-29(41)27-24(17-32-36-27)35-28(40)26-22(30)5-3-6-23(26)31;3-2(4,5)1(6)7/h3-11,17,21H,12-16,18H2,1-2H3,(H,32,36)(H,33,39)(H,34,41)(H,35,40);(H,6,7)/b7-4+;. The summed E-state index contributed by atoms with van der Waals surface area (Å²) in [6, 6.07) is 12.6. The third kappa shape index (κ3) is 12.0. The van der Waals surface area contributed by atoms with E-state index < -0.39 is 18.1 Å². The zero-order valence-electron chi connectivity index (χ0n) is 25.9. The number of aromatic amines is 1. The minimum atomic E-state index is -5.08. The van der Waals surface area contributed by atoms with Crippen LogP contribution in [0.25, 0.3) is 0 Å². The highest BCUT2D eigenvalue weighted by Gasteiger charge is 2.38. The van der Waals surface area contributed by atoms with E-state index in [9.17, 15) is 27.6 Å². The zero-order chi connectivity index (χ0) is 35.4. The number of hydrogen-bond acceptors (Lipinski definition) is 7. The van der Waals surface area contributed by atoms with Gasteiger partial charge >= 0.3 is 12.1 Å². The molecule has 1 aromatic heterocycles. The Morgan fingerprint density at radius 2 is 1.62 bits per heavy atom. The van der Waals surface area contributed by atoms with Gasteiger partial charge in [-0.15, -0.1) is 0 Å². The molecular weight excluding hydrogens is 678 g/mol. The van der Waals surface area contributed by atoms with Crippen LogP contribution in [0.15, 0.2) is 60.8 Å². The van der Waals surface area contributed by atoms with Gasteiger partial charge in [0.1, 0.15) is 5.69 Å². The second-order valence-corrected chi connectivity index (χ2v) is 11.7. The first-order valence-corrected chi connectivity index (χ1v) is 15.2. The van der Waals surface area contributed by atoms with Crippen molar-refractivity contribution >= 4 is 58.3 Å². The van der Waals surface area contributed by atoms with Crippen LogP contribution < -0.4 is 16.0 Å². The molecule has 12 nitrogen and oxygen atoms in total. The van der Waals surface area contributed by atoms with Gasteiger partial charge in [0, 0.05) is 44.0 Å². The summed E-state index contributed by atoms with van der Waals surface area (Å²) in [7, 11) is 3.89. The Labute approximate surface area is 284 Å². The van der Waals surface area contributed by atoms with Crippen molar-refractivity contribution in [1.82, 2.24) is 25.3 Å². The van der Waals surface area contributed by atoms with E-state index >= 15 is 0 Å². The summed E-state index contributed by atoms with van der Waals surface area (Å²) < 4.78 is 31.7. The predicted molar refractivity (Wildman–Crippen MR) is 175 cm³/mol. The van der Waals surface area contributed by atoms with Crippen molar-refractivity contribution in [3.8, 4) is 0 Å². The molecule has 48 heavy (non-hydrogen) atoms. The number of carbonyl (C=O) groups excluding carboxylic acids is 3. The molecular formula is C31H34Cl2F3N7O5. The highest BCUT2D eigenvalue weighted by molar-refractivity contribution is 6.40. The van der Waals surface area contributed by atoms with Gasteiger partial charge in [0.15, 0.2) is 0 Å². The monoisotopic (exact) mass is 711 g/mol. The van der Waals surface area contributed by atoms with E-state index in [1.807, 2.05) is 49.3 Å². The number of anilines is 2. The number of amides is 3. The zero-order valence-corrected chi connectivity index (χ0v) is 27.4. The second kappa shape index (κ2) is 17.6. The molecule has 0 unspecified atom stereocenters. The molecule has 3 amide bonds. The number of carboxylic acids is 1. The number of piperidine rings is 1. The molecule has 2 aromatic carbocycles. The number of nitrogens with one attached hydrogen (secondary N) is 4. The van der Waals surface area contributed by atoms with Gasteiger partial charge < -0.3 is 26.0 Å². The number of rotatable bonds is 10. The van der Waals surface area contributed by atoms with Crippen LogP contribution >= 0.6 is 23.2 Å². The van der Waals surface area contributed by atoms with Crippen LogP contribution in [0.5, 0.6) is 0 Å². The van der Waals surface area contributed by atoms with Crippen LogP contribution in [0.2, 0.25) is 10.0 Å². The lowest BCUT2D eigenvalue weighted by atomic mass is 10.0. The van der Waals surface area contributed by atoms with Crippen LogP contribution in [0.1, 0.15) is 39.3 Å². The first-order valence-electron chi connectivity index (χ1n) is 14.5. The van der Waals surface area contributed by atoms with Crippen LogP contribution in [0, 0.1) is 0 Å². The summed E-state index contributed by atoms with van der Waals surface area (Å²) >= 11 is 12.3. The van der Waals surface area contributed by atoms with E-state index in [-0.39, 0.29) is 44.8 Å². The average molecular weight is 713 g/mol. The van der Waals surface area contributed by atoms with Crippen molar-refractivity contribution in [2.45, 2.75) is 31.6 Å². The number of likely N-dealkylation sites (tertiary alicyclic amines) is 1. The van der Waals surface area contributed by atoms with Crippen molar-refractivity contribution in [2.75, 3.05) is 44.4 Å². The lowest BCUT2D eigenvalue weighted by Gasteiger charge is -2.32. The number of halogens is 5. The highest BCUT2D eigenvalue weighted by atomic mass is 35.5. The minimum Gasteiger partial charge on any atom is -0.475 e. The molecule has 0 radical (unpaired) electrons. The predicted octanol–water partition coefficient (Wildman–Crippen LogP) is 5.05. The quantitative estimate of drug-likeness (QED) is 0.183. The summed E-state index contributed by atoms with van der Waals surface area (Å²) in [4.78, 5) is 51.0. The van der Waals surface area contributed by atoms with E-state index in [1.165, 1.54) is 12.3 Å². The number of carbonyl (C=O) groups is 4. The molecule has 17 heteroatoms. The van der Waals surface area contributed by atoms with Crippen molar-refractivity contribution in [2.24, 2.45) is 0 Å². The van der Waals surface area contributed by atoms with E-state index in [1.54, 1.807) is 18.2 Å². The van der Waals surface area contributed by atoms with Crippen LogP contribution in [0.4, 0.5) is 24.5 Å². The van der Waals surface area contributed by atoms with Gasteiger partial charge in [0.25, 0.3) is 11.8 Å². The van der Waals surface area contributed by atoms with E-state index in [0.29, 0.717) is 6.54 Å². The number of nitrogens with zero attached hydrogens (tertiary/aromatic N) is 3. The molecule has 1 fully saturated rings. The third-order valence-corrected chi connectivity index (χ3v) is 7.47. The number of aromatic nitrogens is 2. The Bertz CT molecular complexity index is 1590. The first-order chi connectivity index (χ1) is 22.6. The van der Waals surface area contributed by atoms with Gasteiger partial charge in [0.2, 0.25) is 5.91 Å². The van der Waals surface area contributed by atoms with Gasteiger partial charge in [-0.1, -0.05) is 47.5 Å². The van der Waals surface area contributed by atoms with Gasteiger partial charge in [-0.2, -0.15) is 18.3 Å². The molecule has 2 heterocycles. The number of benzene rings is 2. The van der Waals surface area contributed by atoms with Crippen molar-refractivity contribution in [1.29, 1.82) is 0 Å². The molecule has 0 atom stereocenters. The fraction of sp³-hybridized carbons (Fsp3) is 0.323. The molecule has 1 aliphatic heterocycles. The lowest BCUT2D eigenvalue weighted by Crippen LogP contribution is -2.44. The summed E-state index contributed by atoms with van der Waals surface area (Å²) in [5.41, 5.74) is 2.42. The molecule has 1 saturated heterocycles. The fourth-order valence-corrected chi connectivity index (χ4v) is 5.02. The van der Waals surface area contributed by atoms with E-state index in [2.05, 4.69) is 31.0 Å². The Kier molecular flexibility index (Phi) is 14.0. The molecule has 0 saturated carbocycles. The Balaban J connectivity index is 0.000000804. The lowest BCUT2D eigenvalue weighted by molar-refractivity contribution is -0.192. The molecule has 258 valence electrons. The fourth-order valence-electron chi connectivity index (χ4n) is 4.45. The van der Waals surface area contributed by atoms with Crippen molar-refractivity contribution in [3.05, 3.63) is 87.7 Å². The molecule has 3 aromatic rings. The van der Waals surface area contributed by atoms with Gasteiger partial charge in [-0.3, -0.25) is 24.4 Å². The third-order valence-electron chi connectivity index (χ3n) is 6.84. The first kappa shape index (κ1) is 38.0. The smallest absolute Gasteiger partial charge is 0.475 e. The molecule has 0 aliphatic carbocycles. The number of hydrogen-bond donors (Lipinski definition) is 5. The van der Waals surface area contributed by atoms with Gasteiger partial charge in [-0.25, -0.2) is 4.79 Å². The summed E-state index contributed by atoms with van der Waals surface area (Å²) in [6.07, 6.45) is 1.21. The van der Waals surface area contributed by atoms with Gasteiger partial charge in [0.05, 0.1) is 27.5 Å². The summed E-state index contributed by atoms with van der Waals surface area (Å²) in [6.45, 7) is 3.11. The SMILES string of the molecule is CN(C)C/C=C/C(=O)Nc1ccc(CN2CCC(NC(=O)c3[nH]ncc3NC(=O)c3c(Cl)cccc3Cl)CC2)cc1.O=C(O)C(F)(F)F. The normalized spacial score (nSPS) is 13.9. The van der Waals surface area contributed by atoms with Crippen LogP contribution in [0.3, 0.4) is 0 Å². The topological polar surface area (TPSA) is 160 Å². The Morgan fingerprint density at radius 3 is 2.19 bits per heavy atom. The highest BCUT2D eigenvalue weighted by Crippen LogP contribution is 2.26. The van der Waals surface area contributed by atoms with E-state index in [0.717, 1.165) is 43.7 Å². The number of aliphatic carboxylic acids is 1. The summed E-state index contributed by atoms with van der Waals surface area (Å²) in [5.74, 6) is -3.79. The number of carboxylic acid groups (broad SMARTS) is 1. The Hall–Kier alpha value is -4.44. The number of H-pyrrole nitrogens is 1. The minimum absolute atomic E-state index is 0.0123. The van der Waals surface area contributed by atoms with Crippen LogP contribution in [-0.2, 0) is 16.1 Å². The number of likely N-dealkylation sites (N-methyl/N-ethyl adjacent to an activating group) is 1. The largest absolute Gasteiger partial charge is 0.490 e. The van der Waals surface area contributed by atoms with Crippen LogP contribution in [-0.4, -0.2) is 94.7 Å². The maximum absolute atomic E-state index is 13.0.